The fourth-order valence-corrected chi connectivity index (χ4v) is 1.83. The fourth-order valence-electron chi connectivity index (χ4n) is 1.83. The van der Waals surface area contributed by atoms with Gasteiger partial charge in [-0.05, 0) is 6.92 Å². The van der Waals surface area contributed by atoms with Gasteiger partial charge in [0.1, 0.15) is 5.69 Å². The van der Waals surface area contributed by atoms with Gasteiger partial charge < -0.3 is 5.32 Å². The molecule has 5 heteroatoms. The number of nitrogens with one attached hydrogen (secondary N) is 1. The summed E-state index contributed by atoms with van der Waals surface area (Å²) in [6, 6.07) is 0.398. The number of ketones is 1. The zero-order valence-corrected chi connectivity index (χ0v) is 9.39. The predicted molar refractivity (Wildman–Crippen MR) is 60.3 cm³/mol. The van der Waals surface area contributed by atoms with Crippen molar-refractivity contribution in [3.8, 4) is 0 Å². The molecule has 5 nitrogen and oxygen atoms in total. The van der Waals surface area contributed by atoms with Crippen molar-refractivity contribution in [2.24, 2.45) is 0 Å². The second-order valence-electron chi connectivity index (χ2n) is 4.04. The minimum atomic E-state index is 0.0434. The molecular formula is C11H16N4O. The van der Waals surface area contributed by atoms with Crippen LogP contribution in [0.3, 0.4) is 0 Å². The zero-order chi connectivity index (χ0) is 11.4. The highest BCUT2D eigenvalue weighted by atomic mass is 16.1. The second kappa shape index (κ2) is 5.14. The first kappa shape index (κ1) is 11.2. The summed E-state index contributed by atoms with van der Waals surface area (Å²) in [5.74, 6) is 0.0434. The van der Waals surface area contributed by atoms with Crippen molar-refractivity contribution in [1.82, 2.24) is 20.2 Å². The first-order valence-electron chi connectivity index (χ1n) is 5.51. The highest BCUT2D eigenvalue weighted by Crippen LogP contribution is 2.04. The van der Waals surface area contributed by atoms with Crippen LogP contribution in [0.4, 0.5) is 0 Å². The lowest BCUT2D eigenvalue weighted by Crippen LogP contribution is -2.51. The molecule has 0 aliphatic carbocycles. The van der Waals surface area contributed by atoms with Crippen LogP contribution in [0.1, 0.15) is 17.4 Å². The Morgan fingerprint density at radius 3 is 3.19 bits per heavy atom. The number of nitrogens with zero attached hydrogens (tertiary/aromatic N) is 3. The Morgan fingerprint density at radius 2 is 2.50 bits per heavy atom. The summed E-state index contributed by atoms with van der Waals surface area (Å²) in [5, 5.41) is 3.30. The fraction of sp³-hybridized carbons (Fsp3) is 0.545. The van der Waals surface area contributed by atoms with Crippen LogP contribution in [-0.2, 0) is 0 Å². The van der Waals surface area contributed by atoms with Gasteiger partial charge in [-0.2, -0.15) is 0 Å². The Bertz CT molecular complexity index is 354. The van der Waals surface area contributed by atoms with Gasteiger partial charge in [-0.3, -0.25) is 14.7 Å². The molecule has 0 saturated carbocycles. The summed E-state index contributed by atoms with van der Waals surface area (Å²) in [7, 11) is 0. The Morgan fingerprint density at radius 1 is 1.62 bits per heavy atom. The number of carbonyl (C=O) groups is 1. The molecule has 86 valence electrons. The van der Waals surface area contributed by atoms with E-state index < -0.39 is 0 Å². The van der Waals surface area contributed by atoms with Gasteiger partial charge in [0.05, 0.1) is 12.7 Å². The minimum Gasteiger partial charge on any atom is -0.314 e. The third kappa shape index (κ3) is 2.62. The van der Waals surface area contributed by atoms with E-state index in [2.05, 4.69) is 27.1 Å². The topological polar surface area (TPSA) is 58.1 Å². The smallest absolute Gasteiger partial charge is 0.196 e. The molecule has 1 aromatic rings. The molecule has 1 aromatic heterocycles. The Balaban J connectivity index is 1.96. The van der Waals surface area contributed by atoms with Gasteiger partial charge in [0.2, 0.25) is 0 Å². The van der Waals surface area contributed by atoms with Crippen molar-refractivity contribution in [2.75, 3.05) is 26.2 Å². The van der Waals surface area contributed by atoms with Gasteiger partial charge in [0.25, 0.3) is 0 Å². The zero-order valence-electron chi connectivity index (χ0n) is 9.39. The first-order chi connectivity index (χ1) is 7.77. The quantitative estimate of drug-likeness (QED) is 0.724. The van der Waals surface area contributed by atoms with E-state index in [-0.39, 0.29) is 5.78 Å². The molecule has 1 aliphatic rings. The average Bonchev–Trinajstić information content (AvgIpc) is 2.33. The molecule has 1 aliphatic heterocycles. The third-order valence-corrected chi connectivity index (χ3v) is 2.83. The maximum absolute atomic E-state index is 11.9. The van der Waals surface area contributed by atoms with Crippen LogP contribution in [0.5, 0.6) is 0 Å². The maximum atomic E-state index is 11.9. The van der Waals surface area contributed by atoms with E-state index in [1.165, 1.54) is 6.20 Å². The van der Waals surface area contributed by atoms with Crippen LogP contribution < -0.4 is 5.32 Å². The van der Waals surface area contributed by atoms with E-state index in [9.17, 15) is 4.79 Å². The van der Waals surface area contributed by atoms with Crippen molar-refractivity contribution in [3.63, 3.8) is 0 Å². The van der Waals surface area contributed by atoms with Gasteiger partial charge in [-0.1, -0.05) is 0 Å². The molecule has 1 N–H and O–H groups in total. The van der Waals surface area contributed by atoms with Gasteiger partial charge in [-0.25, -0.2) is 4.98 Å². The van der Waals surface area contributed by atoms with E-state index in [0.29, 0.717) is 18.3 Å². The lowest BCUT2D eigenvalue weighted by molar-refractivity contribution is 0.0870. The average molecular weight is 220 g/mol. The monoisotopic (exact) mass is 220 g/mol. The number of rotatable bonds is 3. The number of hydrogen-bond donors (Lipinski definition) is 1. The van der Waals surface area contributed by atoms with Gasteiger partial charge in [0.15, 0.2) is 5.78 Å². The van der Waals surface area contributed by atoms with Gasteiger partial charge in [0, 0.05) is 38.1 Å². The van der Waals surface area contributed by atoms with E-state index in [4.69, 9.17) is 0 Å². The van der Waals surface area contributed by atoms with Gasteiger partial charge in [-0.15, -0.1) is 0 Å². The van der Waals surface area contributed by atoms with Crippen molar-refractivity contribution in [3.05, 3.63) is 24.3 Å². The van der Waals surface area contributed by atoms with E-state index >= 15 is 0 Å². The molecule has 0 radical (unpaired) electrons. The maximum Gasteiger partial charge on any atom is 0.196 e. The van der Waals surface area contributed by atoms with Crippen LogP contribution in [0.2, 0.25) is 0 Å². The molecule has 1 fully saturated rings. The SMILES string of the molecule is C[C@H]1CNCCN1CC(=O)c1cnccn1. The van der Waals surface area contributed by atoms with E-state index in [1.54, 1.807) is 12.4 Å². The summed E-state index contributed by atoms with van der Waals surface area (Å²) >= 11 is 0. The molecule has 2 heterocycles. The van der Waals surface area contributed by atoms with Crippen LogP contribution in [0.15, 0.2) is 18.6 Å². The van der Waals surface area contributed by atoms with E-state index in [1.807, 2.05) is 0 Å². The van der Waals surface area contributed by atoms with Crippen molar-refractivity contribution >= 4 is 5.78 Å². The molecule has 1 atom stereocenters. The summed E-state index contributed by atoms with van der Waals surface area (Å²) in [6.45, 7) is 5.34. The Hall–Kier alpha value is -1.33. The number of piperazine rings is 1. The van der Waals surface area contributed by atoms with E-state index in [0.717, 1.165) is 19.6 Å². The Kier molecular flexibility index (Phi) is 3.58. The number of hydrogen-bond acceptors (Lipinski definition) is 5. The normalized spacial score (nSPS) is 21.9. The molecule has 1 saturated heterocycles. The lowest BCUT2D eigenvalue weighted by Gasteiger charge is -2.33. The number of aromatic nitrogens is 2. The van der Waals surface area contributed by atoms with Crippen LogP contribution in [0, 0.1) is 0 Å². The number of carbonyl (C=O) groups excluding carboxylic acids is 1. The Labute approximate surface area is 94.9 Å². The molecule has 0 spiro atoms. The lowest BCUT2D eigenvalue weighted by atomic mass is 10.2. The summed E-state index contributed by atoms with van der Waals surface area (Å²) in [5.41, 5.74) is 0.452. The molecule has 0 unspecified atom stereocenters. The van der Waals surface area contributed by atoms with Crippen LogP contribution >= 0.6 is 0 Å². The summed E-state index contributed by atoms with van der Waals surface area (Å²) in [4.78, 5) is 22.0. The number of Topliss-reactive ketones (excluding diaryl/α,β-unsaturated/α-hetero) is 1. The van der Waals surface area contributed by atoms with Gasteiger partial charge >= 0.3 is 0 Å². The first-order valence-corrected chi connectivity index (χ1v) is 5.51. The molecule has 2 rings (SSSR count). The van der Waals surface area contributed by atoms with Crippen molar-refractivity contribution in [2.45, 2.75) is 13.0 Å². The minimum absolute atomic E-state index is 0.0434. The third-order valence-electron chi connectivity index (χ3n) is 2.83. The molecule has 16 heavy (non-hydrogen) atoms. The van der Waals surface area contributed by atoms with Crippen LogP contribution in [0.25, 0.3) is 0 Å². The second-order valence-corrected chi connectivity index (χ2v) is 4.04. The van der Waals surface area contributed by atoms with Crippen molar-refractivity contribution in [1.29, 1.82) is 0 Å². The largest absolute Gasteiger partial charge is 0.314 e. The molecule has 0 bridgehead atoms. The van der Waals surface area contributed by atoms with Crippen molar-refractivity contribution < 1.29 is 4.79 Å². The molecular weight excluding hydrogens is 204 g/mol. The summed E-state index contributed by atoms with van der Waals surface area (Å²) < 4.78 is 0. The summed E-state index contributed by atoms with van der Waals surface area (Å²) in [6.07, 6.45) is 4.65. The highest BCUT2D eigenvalue weighted by molar-refractivity contribution is 5.95. The van der Waals surface area contributed by atoms with Crippen LogP contribution in [-0.4, -0.2) is 52.9 Å². The molecule has 0 amide bonds. The predicted octanol–water partition coefficient (Wildman–Crippen LogP) is -0.0470. The highest BCUT2D eigenvalue weighted by Gasteiger charge is 2.21. The molecule has 0 aromatic carbocycles. The standard InChI is InChI=1S/C11H16N4O/c1-9-6-13-4-5-15(9)8-11(16)10-7-12-2-3-14-10/h2-3,7,9,13H,4-6,8H2,1H3/t9-/m0/s1.